The summed E-state index contributed by atoms with van der Waals surface area (Å²) >= 11 is 0. The second kappa shape index (κ2) is 23.5. The van der Waals surface area contributed by atoms with Gasteiger partial charge in [-0.1, -0.05) is 55.7 Å². The van der Waals surface area contributed by atoms with Gasteiger partial charge in [0.1, 0.15) is 55.4 Å². The second-order valence-corrected chi connectivity index (χ2v) is 16.8. The minimum atomic E-state index is -1.40. The van der Waals surface area contributed by atoms with Gasteiger partial charge in [0, 0.05) is 49.4 Å². The van der Waals surface area contributed by atoms with Gasteiger partial charge in [-0.3, -0.25) is 24.0 Å². The summed E-state index contributed by atoms with van der Waals surface area (Å²) in [6.45, 7) is 3.52. The predicted molar refractivity (Wildman–Crippen MR) is 251 cm³/mol. The van der Waals surface area contributed by atoms with Gasteiger partial charge in [0.25, 0.3) is 5.91 Å². The van der Waals surface area contributed by atoms with Gasteiger partial charge in [-0.15, -0.1) is 0 Å². The lowest BCUT2D eigenvalue weighted by Crippen LogP contribution is -2.56. The van der Waals surface area contributed by atoms with Crippen molar-refractivity contribution >= 4 is 29.5 Å². The number of nitrogens with zero attached hydrogens (tertiary/aromatic N) is 4. The predicted octanol–water partition coefficient (Wildman–Crippen LogP) is 2.67. The van der Waals surface area contributed by atoms with Crippen LogP contribution in [0.2, 0.25) is 0 Å². The molecule has 67 heavy (non-hydrogen) atoms. The van der Waals surface area contributed by atoms with Gasteiger partial charge in [-0.25, -0.2) is 9.97 Å². The van der Waals surface area contributed by atoms with Crippen LogP contribution < -0.4 is 47.9 Å². The summed E-state index contributed by atoms with van der Waals surface area (Å²) in [7, 11) is 1.42. The molecule has 1 aliphatic heterocycles. The van der Waals surface area contributed by atoms with Crippen molar-refractivity contribution in [1.82, 2.24) is 36.1 Å². The second-order valence-electron chi connectivity index (χ2n) is 16.8. The maximum absolute atomic E-state index is 14.7. The van der Waals surface area contributed by atoms with E-state index in [2.05, 4.69) is 43.4 Å². The number of amides is 5. The number of aromatic nitrogens is 2. The molecule has 0 spiro atoms. The van der Waals surface area contributed by atoms with Crippen molar-refractivity contribution in [2.24, 2.45) is 17.2 Å². The number of rotatable bonds is 16. The van der Waals surface area contributed by atoms with Gasteiger partial charge in [0.2, 0.25) is 23.6 Å². The van der Waals surface area contributed by atoms with Gasteiger partial charge in [-0.2, -0.15) is 5.26 Å². The number of nitrogens with two attached hydrogens (primary N) is 3. The zero-order chi connectivity index (χ0) is 48.0. The van der Waals surface area contributed by atoms with E-state index in [-0.39, 0.29) is 57.8 Å². The van der Waals surface area contributed by atoms with E-state index < -0.39 is 53.7 Å². The minimum absolute atomic E-state index is 0.00453. The monoisotopic (exact) mass is 915 g/mol. The molecule has 3 aromatic carbocycles. The zero-order valence-electron chi connectivity index (χ0n) is 38.3. The lowest BCUT2D eigenvalue weighted by Gasteiger charge is -2.32. The number of likely N-dealkylation sites (N-methyl/N-ethyl adjacent to an activating group) is 1. The van der Waals surface area contributed by atoms with Crippen LogP contribution in [0.15, 0.2) is 66.9 Å². The van der Waals surface area contributed by atoms with Crippen molar-refractivity contribution < 1.29 is 33.4 Å². The number of hydrogen-bond acceptors (Lipinski definition) is 13. The number of fused-ring (bicyclic) bond motifs is 5. The van der Waals surface area contributed by atoms with Crippen molar-refractivity contribution in [3.05, 3.63) is 94.8 Å². The van der Waals surface area contributed by atoms with Crippen LogP contribution in [-0.2, 0) is 25.6 Å². The molecule has 18 heteroatoms. The Balaban J connectivity index is 1.34. The quantitative estimate of drug-likeness (QED) is 0.0798. The number of carbonyl (C=O) groups excluding carboxylic acids is 5. The largest absolute Gasteiger partial charge is 0.492 e. The lowest BCUT2D eigenvalue weighted by atomic mass is 9.84. The summed E-state index contributed by atoms with van der Waals surface area (Å²) in [5.41, 5.74) is 22.3. The highest BCUT2D eigenvalue weighted by Gasteiger charge is 2.36. The molecule has 1 aliphatic carbocycles. The molecule has 6 rings (SSSR count). The van der Waals surface area contributed by atoms with E-state index in [9.17, 15) is 29.2 Å². The highest BCUT2D eigenvalue weighted by molar-refractivity contribution is 6.00. The Morgan fingerprint density at radius 2 is 1.54 bits per heavy atom. The van der Waals surface area contributed by atoms with Gasteiger partial charge in [0.05, 0.1) is 17.3 Å². The standard InChI is InChI=1S/C49H61N11O7/c1-29-38(28-55-44(56-29)34-12-10-33(11-13-34)32-7-5-4-6-8-32)46(62)58-39(17-18-50)49(65)60(3)43-35-14-16-42(67-24-21-53)37(27-35)36-25-31(9-15-41(36)66-23-20-52)26-40(47(63)54-22-19-51)59-45(61)30(2)57-48(43)64/h9-16,25,27-28,30,32,39-40,43H,4-8,17-18,20-24,26,50,52-53H2,1-3H3,(H,54,63)(H,57,64)(H,58,62)(H,59,61). The molecule has 2 heterocycles. The third-order valence-electron chi connectivity index (χ3n) is 12.1. The number of hydrogen-bond donors (Lipinski definition) is 7. The molecule has 354 valence electrons. The Kier molecular flexibility index (Phi) is 17.4. The van der Waals surface area contributed by atoms with Crippen molar-refractivity contribution in [2.75, 3.05) is 46.4 Å². The Bertz CT molecular complexity index is 2450. The molecule has 0 saturated heterocycles. The molecule has 4 bridgehead atoms. The summed E-state index contributed by atoms with van der Waals surface area (Å²) in [5, 5.41) is 19.9. The van der Waals surface area contributed by atoms with Crippen LogP contribution in [-0.4, -0.2) is 109 Å². The SMILES string of the molecule is Cc1nc(-c2ccc(C3CCCCC3)cc2)ncc1C(=O)NC(CCN)C(=O)N(C)C1C(=O)NC(C)C(=O)NC(C(=O)NCC#N)Cc2ccc(OCCN)c(c2)-c2cc1ccc2OCCN. The Hall–Kier alpha value is -6.94. The van der Waals surface area contributed by atoms with Crippen molar-refractivity contribution in [3.63, 3.8) is 0 Å². The summed E-state index contributed by atoms with van der Waals surface area (Å²) in [6.07, 6.45) is 7.57. The van der Waals surface area contributed by atoms with Gasteiger partial charge < -0.3 is 52.8 Å². The molecule has 0 radical (unpaired) electrons. The highest BCUT2D eigenvalue weighted by atomic mass is 16.5. The van der Waals surface area contributed by atoms with Crippen LogP contribution in [0.4, 0.5) is 0 Å². The lowest BCUT2D eigenvalue weighted by molar-refractivity contribution is -0.141. The van der Waals surface area contributed by atoms with Crippen LogP contribution in [0.1, 0.15) is 90.2 Å². The Morgan fingerprint density at radius 1 is 0.881 bits per heavy atom. The average Bonchev–Trinajstić information content (AvgIpc) is 3.34. The van der Waals surface area contributed by atoms with Crippen molar-refractivity contribution in [1.29, 1.82) is 5.26 Å². The van der Waals surface area contributed by atoms with Crippen LogP contribution >= 0.6 is 0 Å². The van der Waals surface area contributed by atoms with E-state index >= 15 is 0 Å². The fraction of sp³-hybridized carbons (Fsp3) is 0.429. The van der Waals surface area contributed by atoms with Crippen LogP contribution in [0.25, 0.3) is 22.5 Å². The van der Waals surface area contributed by atoms with E-state index in [1.807, 2.05) is 18.2 Å². The van der Waals surface area contributed by atoms with Crippen molar-refractivity contribution in [2.45, 2.75) is 88.9 Å². The van der Waals surface area contributed by atoms with E-state index in [1.54, 1.807) is 43.3 Å². The maximum Gasteiger partial charge on any atom is 0.255 e. The van der Waals surface area contributed by atoms with Gasteiger partial charge in [-0.05, 0) is 86.5 Å². The Labute approximate surface area is 390 Å². The molecular formula is C49H61N11O7. The number of carbonyl (C=O) groups is 5. The first-order chi connectivity index (χ1) is 32.4. The molecule has 4 aromatic rings. The molecule has 1 saturated carbocycles. The van der Waals surface area contributed by atoms with E-state index in [0.29, 0.717) is 51.2 Å². The van der Waals surface area contributed by atoms with Crippen LogP contribution in [0.3, 0.4) is 0 Å². The molecule has 4 unspecified atom stereocenters. The van der Waals surface area contributed by atoms with Crippen molar-refractivity contribution in [3.8, 4) is 40.1 Å². The first-order valence-electron chi connectivity index (χ1n) is 22.8. The van der Waals surface area contributed by atoms with E-state index in [0.717, 1.165) is 5.56 Å². The molecule has 1 fully saturated rings. The van der Waals surface area contributed by atoms with Gasteiger partial charge in [0.15, 0.2) is 5.82 Å². The third kappa shape index (κ3) is 12.3. The number of nitriles is 1. The number of ether oxygens (including phenoxy) is 2. The van der Waals surface area contributed by atoms with Crippen LogP contribution in [0.5, 0.6) is 11.5 Å². The normalized spacial score (nSPS) is 18.0. The summed E-state index contributed by atoms with van der Waals surface area (Å²) in [4.78, 5) is 80.7. The number of benzene rings is 3. The van der Waals surface area contributed by atoms with Crippen LogP contribution in [0, 0.1) is 18.3 Å². The first kappa shape index (κ1) is 49.5. The molecule has 4 atom stereocenters. The van der Waals surface area contributed by atoms with E-state index in [4.69, 9.17) is 26.7 Å². The smallest absolute Gasteiger partial charge is 0.255 e. The highest BCUT2D eigenvalue weighted by Crippen LogP contribution is 2.40. The zero-order valence-corrected chi connectivity index (χ0v) is 38.3. The molecule has 5 amide bonds. The first-order valence-corrected chi connectivity index (χ1v) is 22.8. The molecule has 18 nitrogen and oxygen atoms in total. The molecule has 10 N–H and O–H groups in total. The Morgan fingerprint density at radius 3 is 2.18 bits per heavy atom. The topological polar surface area (TPSA) is 283 Å². The molecule has 2 aliphatic rings. The molecule has 1 aromatic heterocycles. The maximum atomic E-state index is 14.7. The fourth-order valence-electron chi connectivity index (χ4n) is 8.53. The summed E-state index contributed by atoms with van der Waals surface area (Å²) in [6, 6.07) is 15.3. The number of aryl methyl sites for hydroxylation is 1. The summed E-state index contributed by atoms with van der Waals surface area (Å²) < 4.78 is 12.2. The van der Waals surface area contributed by atoms with Gasteiger partial charge >= 0.3 is 0 Å². The summed E-state index contributed by atoms with van der Waals surface area (Å²) in [5.74, 6) is -1.54. The molecular weight excluding hydrogens is 855 g/mol. The van der Waals surface area contributed by atoms with E-state index in [1.165, 1.54) is 62.7 Å². The third-order valence-corrected chi connectivity index (χ3v) is 12.1. The number of nitrogens with one attached hydrogen (secondary N) is 4. The average molecular weight is 916 g/mol. The minimum Gasteiger partial charge on any atom is -0.492 e. The fourth-order valence-corrected chi connectivity index (χ4v) is 8.53.